The summed E-state index contributed by atoms with van der Waals surface area (Å²) in [5, 5.41) is 20.4. The van der Waals surface area contributed by atoms with Gasteiger partial charge in [-0.15, -0.1) is 0 Å². The number of aromatic nitrogens is 3. The van der Waals surface area contributed by atoms with E-state index in [1.807, 2.05) is 0 Å². The van der Waals surface area contributed by atoms with Crippen LogP contribution in [0, 0.1) is 5.92 Å². The number of nitrogens with zero attached hydrogens (tertiary/aromatic N) is 2. The van der Waals surface area contributed by atoms with E-state index in [1.165, 1.54) is 6.33 Å². The van der Waals surface area contributed by atoms with Crippen LogP contribution in [0.4, 0.5) is 4.79 Å². The maximum absolute atomic E-state index is 11.4. The van der Waals surface area contributed by atoms with E-state index in [-0.39, 0.29) is 18.4 Å². The first kappa shape index (κ1) is 14.9. The van der Waals surface area contributed by atoms with Gasteiger partial charge in [0.1, 0.15) is 12.2 Å². The highest BCUT2D eigenvalue weighted by atomic mass is 16.4. The minimum absolute atomic E-state index is 0.0474. The van der Waals surface area contributed by atoms with E-state index in [0.717, 1.165) is 18.7 Å². The highest BCUT2D eigenvalue weighted by Crippen LogP contribution is 1.98. The number of rotatable bonds is 8. The number of carbonyl (C=O) groups excluding carboxylic acids is 1. The lowest BCUT2D eigenvalue weighted by Gasteiger charge is -2.11. The van der Waals surface area contributed by atoms with Crippen LogP contribution in [-0.2, 0) is 11.2 Å². The van der Waals surface area contributed by atoms with Gasteiger partial charge in [0.2, 0.25) is 0 Å². The average molecular weight is 269 g/mol. The number of carbonyl (C=O) groups is 2. The van der Waals surface area contributed by atoms with Crippen LogP contribution in [0.25, 0.3) is 0 Å². The Morgan fingerprint density at radius 2 is 2.26 bits per heavy atom. The Morgan fingerprint density at radius 3 is 2.89 bits per heavy atom. The lowest BCUT2D eigenvalue weighted by Crippen LogP contribution is -2.38. The molecule has 1 aromatic heterocycles. The maximum atomic E-state index is 11.4. The second-order valence-corrected chi connectivity index (χ2v) is 4.38. The van der Waals surface area contributed by atoms with Gasteiger partial charge >= 0.3 is 12.0 Å². The molecule has 2 amide bonds. The number of nitrogens with one attached hydrogen (secondary N) is 3. The predicted molar refractivity (Wildman–Crippen MR) is 67.5 cm³/mol. The SMILES string of the molecule is CC(CNC(=O)NCCCc1ncn[nH]1)CC(=O)O. The van der Waals surface area contributed by atoms with Gasteiger partial charge in [0.25, 0.3) is 0 Å². The van der Waals surface area contributed by atoms with Crippen molar-refractivity contribution in [1.82, 2.24) is 25.8 Å². The van der Waals surface area contributed by atoms with E-state index >= 15 is 0 Å². The second kappa shape index (κ2) is 8.06. The molecule has 0 aromatic carbocycles. The van der Waals surface area contributed by atoms with Gasteiger partial charge in [-0.25, -0.2) is 9.78 Å². The van der Waals surface area contributed by atoms with E-state index in [2.05, 4.69) is 25.8 Å². The normalized spacial score (nSPS) is 11.8. The molecular weight excluding hydrogens is 250 g/mol. The van der Waals surface area contributed by atoms with Gasteiger partial charge in [-0.1, -0.05) is 6.92 Å². The van der Waals surface area contributed by atoms with Gasteiger partial charge in [0.05, 0.1) is 0 Å². The smallest absolute Gasteiger partial charge is 0.314 e. The monoisotopic (exact) mass is 269 g/mol. The fourth-order valence-electron chi connectivity index (χ4n) is 1.51. The van der Waals surface area contributed by atoms with Crippen LogP contribution in [0.1, 0.15) is 25.6 Å². The van der Waals surface area contributed by atoms with E-state index in [0.29, 0.717) is 13.1 Å². The summed E-state index contributed by atoms with van der Waals surface area (Å²) in [5.41, 5.74) is 0. The number of aromatic amines is 1. The first-order chi connectivity index (χ1) is 9.08. The van der Waals surface area contributed by atoms with Crippen LogP contribution in [0.15, 0.2) is 6.33 Å². The van der Waals surface area contributed by atoms with Crippen LogP contribution in [0.3, 0.4) is 0 Å². The summed E-state index contributed by atoms with van der Waals surface area (Å²) in [4.78, 5) is 25.8. The van der Waals surface area contributed by atoms with Gasteiger partial charge in [-0.05, 0) is 12.3 Å². The zero-order valence-electron chi connectivity index (χ0n) is 10.8. The highest BCUT2D eigenvalue weighted by Gasteiger charge is 2.08. The number of carboxylic acid groups (broad SMARTS) is 1. The topological polar surface area (TPSA) is 120 Å². The minimum atomic E-state index is -0.859. The van der Waals surface area contributed by atoms with Crippen LogP contribution in [-0.4, -0.2) is 45.4 Å². The second-order valence-electron chi connectivity index (χ2n) is 4.38. The number of aliphatic carboxylic acids is 1. The fraction of sp³-hybridized carbons (Fsp3) is 0.636. The van der Waals surface area contributed by atoms with Crippen LogP contribution >= 0.6 is 0 Å². The van der Waals surface area contributed by atoms with Crippen molar-refractivity contribution in [2.24, 2.45) is 5.92 Å². The number of aryl methyl sites for hydroxylation is 1. The molecule has 0 radical (unpaired) electrons. The molecule has 1 atom stereocenters. The van der Waals surface area contributed by atoms with Crippen molar-refractivity contribution in [1.29, 1.82) is 0 Å². The average Bonchev–Trinajstić information content (AvgIpc) is 2.84. The molecule has 106 valence electrons. The summed E-state index contributed by atoms with van der Waals surface area (Å²) in [6.45, 7) is 2.65. The molecule has 0 aliphatic heterocycles. The number of amides is 2. The minimum Gasteiger partial charge on any atom is -0.481 e. The van der Waals surface area contributed by atoms with E-state index in [9.17, 15) is 9.59 Å². The molecule has 1 rings (SSSR count). The lowest BCUT2D eigenvalue weighted by molar-refractivity contribution is -0.137. The third kappa shape index (κ3) is 7.02. The van der Waals surface area contributed by atoms with Gasteiger partial charge in [-0.2, -0.15) is 5.10 Å². The number of H-pyrrole nitrogens is 1. The molecule has 8 heteroatoms. The molecule has 8 nitrogen and oxygen atoms in total. The van der Waals surface area contributed by atoms with Crippen molar-refractivity contribution in [2.75, 3.05) is 13.1 Å². The summed E-state index contributed by atoms with van der Waals surface area (Å²) in [5.74, 6) is -0.156. The number of hydrogen-bond donors (Lipinski definition) is 4. The maximum Gasteiger partial charge on any atom is 0.314 e. The van der Waals surface area contributed by atoms with Gasteiger partial charge < -0.3 is 15.7 Å². The quantitative estimate of drug-likeness (QED) is 0.501. The number of hydrogen-bond acceptors (Lipinski definition) is 4. The summed E-state index contributed by atoms with van der Waals surface area (Å²) in [6.07, 6.45) is 2.97. The zero-order valence-corrected chi connectivity index (χ0v) is 10.8. The molecule has 0 fully saturated rings. The molecule has 0 bridgehead atoms. The Balaban J connectivity index is 2.03. The number of carboxylic acids is 1. The van der Waals surface area contributed by atoms with Crippen LogP contribution in [0.2, 0.25) is 0 Å². The fourth-order valence-corrected chi connectivity index (χ4v) is 1.51. The Labute approximate surface area is 111 Å². The molecule has 1 unspecified atom stereocenters. The molecule has 0 aliphatic rings. The van der Waals surface area contributed by atoms with Gasteiger partial charge in [0.15, 0.2) is 0 Å². The zero-order chi connectivity index (χ0) is 14.1. The summed E-state index contributed by atoms with van der Waals surface area (Å²) in [7, 11) is 0. The Morgan fingerprint density at radius 1 is 1.47 bits per heavy atom. The van der Waals surface area contributed by atoms with Crippen LogP contribution in [0.5, 0.6) is 0 Å². The first-order valence-electron chi connectivity index (χ1n) is 6.15. The summed E-state index contributed by atoms with van der Waals surface area (Å²) >= 11 is 0. The Kier molecular flexibility index (Phi) is 6.34. The largest absolute Gasteiger partial charge is 0.481 e. The molecular formula is C11H19N5O3. The lowest BCUT2D eigenvalue weighted by atomic mass is 10.1. The Hall–Kier alpha value is -2.12. The summed E-state index contributed by atoms with van der Waals surface area (Å²) in [6, 6.07) is -0.283. The molecule has 19 heavy (non-hydrogen) atoms. The molecule has 1 aromatic rings. The Bertz CT molecular complexity index is 393. The van der Waals surface area contributed by atoms with Crippen LogP contribution < -0.4 is 10.6 Å². The molecule has 0 saturated heterocycles. The van der Waals surface area contributed by atoms with Crippen molar-refractivity contribution in [3.8, 4) is 0 Å². The third-order valence-corrected chi connectivity index (χ3v) is 2.47. The first-order valence-corrected chi connectivity index (χ1v) is 6.15. The third-order valence-electron chi connectivity index (χ3n) is 2.47. The standard InChI is InChI=1S/C11H19N5O3/c1-8(5-10(17)18)6-13-11(19)12-4-2-3-9-14-7-15-16-9/h7-8H,2-6H2,1H3,(H,17,18)(H2,12,13,19)(H,14,15,16). The van der Waals surface area contributed by atoms with Gasteiger partial charge in [0, 0.05) is 25.9 Å². The van der Waals surface area contributed by atoms with E-state index in [4.69, 9.17) is 5.11 Å². The molecule has 0 aliphatic carbocycles. The predicted octanol–water partition coefficient (Wildman–Crippen LogP) is 0.147. The molecule has 1 heterocycles. The molecule has 0 spiro atoms. The van der Waals surface area contributed by atoms with E-state index in [1.54, 1.807) is 6.92 Å². The summed E-state index contributed by atoms with van der Waals surface area (Å²) < 4.78 is 0. The van der Waals surface area contributed by atoms with Crippen molar-refractivity contribution < 1.29 is 14.7 Å². The van der Waals surface area contributed by atoms with Crippen molar-refractivity contribution >= 4 is 12.0 Å². The van der Waals surface area contributed by atoms with Crippen molar-refractivity contribution in [2.45, 2.75) is 26.2 Å². The van der Waals surface area contributed by atoms with Gasteiger partial charge in [-0.3, -0.25) is 9.89 Å². The molecule has 0 saturated carbocycles. The highest BCUT2D eigenvalue weighted by molar-refractivity contribution is 5.73. The number of urea groups is 1. The molecule has 4 N–H and O–H groups in total. The van der Waals surface area contributed by atoms with E-state index < -0.39 is 5.97 Å². The van der Waals surface area contributed by atoms with Crippen molar-refractivity contribution in [3.05, 3.63) is 12.2 Å². The van der Waals surface area contributed by atoms with Crippen molar-refractivity contribution in [3.63, 3.8) is 0 Å².